The van der Waals surface area contributed by atoms with Crippen LogP contribution >= 0.6 is 11.6 Å². The zero-order valence-corrected chi connectivity index (χ0v) is 23.8. The van der Waals surface area contributed by atoms with Gasteiger partial charge in [0.25, 0.3) is 0 Å². The largest absolute Gasteiger partial charge is 0.461 e. The standard InChI is InChI=1S/C32H34ClFN6O/c33-25-9-4-7-20-6-3-8-23(26(20)25)28-27(34)29-24(16-35-28)30(39-17-21-10-11-22(18-39)36-21)38-31(37-29)41-19-32-12-1-2-14-40(32)15-5-13-32/h3-4,6-9,16,21-22,36H,1-2,5,10-15,17-19H2. The zero-order valence-electron chi connectivity index (χ0n) is 23.1. The fourth-order valence-electron chi connectivity index (χ4n) is 7.80. The molecule has 8 rings (SSSR count). The molecule has 4 aliphatic rings. The molecule has 6 heterocycles. The molecular weight excluding hydrogens is 539 g/mol. The van der Waals surface area contributed by atoms with Gasteiger partial charge in [-0.25, -0.2) is 4.39 Å². The van der Waals surface area contributed by atoms with Crippen LogP contribution in [0.3, 0.4) is 0 Å². The number of piperidine rings is 1. The fourth-order valence-corrected chi connectivity index (χ4v) is 8.08. The van der Waals surface area contributed by atoms with Crippen molar-refractivity contribution in [3.05, 3.63) is 53.4 Å². The van der Waals surface area contributed by atoms with Crippen LogP contribution in [0.2, 0.25) is 5.02 Å². The molecule has 0 saturated carbocycles. The monoisotopic (exact) mass is 572 g/mol. The Morgan fingerprint density at radius 3 is 2.63 bits per heavy atom. The number of benzene rings is 2. The van der Waals surface area contributed by atoms with Crippen molar-refractivity contribution in [2.45, 2.75) is 62.6 Å². The first-order valence-electron chi connectivity index (χ1n) is 15.0. The second-order valence-corrected chi connectivity index (χ2v) is 12.7. The van der Waals surface area contributed by atoms with E-state index in [-0.39, 0.29) is 22.8 Å². The third-order valence-corrected chi connectivity index (χ3v) is 10.1. The summed E-state index contributed by atoms with van der Waals surface area (Å²) >= 11 is 6.61. The number of piperazine rings is 1. The third-order valence-electron chi connectivity index (χ3n) is 9.80. The lowest BCUT2D eigenvalue weighted by Crippen LogP contribution is -2.52. The van der Waals surface area contributed by atoms with Crippen LogP contribution in [0, 0.1) is 5.82 Å². The zero-order chi connectivity index (χ0) is 27.6. The number of aromatic nitrogens is 3. The van der Waals surface area contributed by atoms with E-state index in [1.807, 2.05) is 36.4 Å². The van der Waals surface area contributed by atoms with Crippen molar-refractivity contribution < 1.29 is 9.13 Å². The normalized spacial score (nSPS) is 26.1. The Bertz CT molecular complexity index is 1630. The number of hydrogen-bond acceptors (Lipinski definition) is 7. The fraction of sp³-hybridized carbons (Fsp3) is 0.469. The maximum absolute atomic E-state index is 16.6. The Morgan fingerprint density at radius 1 is 1.00 bits per heavy atom. The van der Waals surface area contributed by atoms with Crippen LogP contribution in [0.15, 0.2) is 42.6 Å². The summed E-state index contributed by atoms with van der Waals surface area (Å²) in [6.07, 6.45) is 9.90. The average Bonchev–Trinajstić information content (AvgIpc) is 3.58. The molecule has 4 aliphatic heterocycles. The predicted octanol–water partition coefficient (Wildman–Crippen LogP) is 5.98. The average molecular weight is 573 g/mol. The minimum Gasteiger partial charge on any atom is -0.461 e. The molecule has 4 fully saturated rings. The first-order valence-corrected chi connectivity index (χ1v) is 15.4. The van der Waals surface area contributed by atoms with Gasteiger partial charge in [0, 0.05) is 47.3 Å². The lowest BCUT2D eigenvalue weighted by Gasteiger charge is -2.41. The van der Waals surface area contributed by atoms with Gasteiger partial charge in [0.2, 0.25) is 0 Å². The van der Waals surface area contributed by atoms with Gasteiger partial charge in [-0.2, -0.15) is 9.97 Å². The quantitative estimate of drug-likeness (QED) is 0.316. The summed E-state index contributed by atoms with van der Waals surface area (Å²) in [6.45, 7) is 4.41. The topological polar surface area (TPSA) is 66.4 Å². The molecule has 9 heteroatoms. The van der Waals surface area contributed by atoms with Gasteiger partial charge < -0.3 is 15.0 Å². The highest BCUT2D eigenvalue weighted by Crippen LogP contribution is 2.40. The van der Waals surface area contributed by atoms with E-state index in [4.69, 9.17) is 26.3 Å². The van der Waals surface area contributed by atoms with Gasteiger partial charge in [-0.15, -0.1) is 0 Å². The van der Waals surface area contributed by atoms with E-state index in [9.17, 15) is 0 Å². The minimum atomic E-state index is -0.472. The Morgan fingerprint density at radius 2 is 1.78 bits per heavy atom. The highest BCUT2D eigenvalue weighted by atomic mass is 35.5. The van der Waals surface area contributed by atoms with E-state index >= 15 is 4.39 Å². The smallest absolute Gasteiger partial charge is 0.319 e. The summed E-state index contributed by atoms with van der Waals surface area (Å²) in [5.74, 6) is 0.238. The molecule has 0 spiro atoms. The minimum absolute atomic E-state index is 0.0343. The second-order valence-electron chi connectivity index (χ2n) is 12.3. The van der Waals surface area contributed by atoms with Gasteiger partial charge in [0.15, 0.2) is 5.82 Å². The molecule has 0 amide bonds. The molecular formula is C32H34ClFN6O. The first kappa shape index (κ1) is 25.6. The van der Waals surface area contributed by atoms with Gasteiger partial charge in [-0.05, 0) is 63.1 Å². The van der Waals surface area contributed by atoms with Crippen LogP contribution in [0.4, 0.5) is 10.2 Å². The summed E-state index contributed by atoms with van der Waals surface area (Å²) in [5, 5.41) is 6.59. The molecule has 4 aromatic rings. The van der Waals surface area contributed by atoms with Crippen molar-refractivity contribution in [2.24, 2.45) is 0 Å². The maximum atomic E-state index is 16.6. The number of halogens is 2. The summed E-state index contributed by atoms with van der Waals surface area (Å²) in [5.41, 5.74) is 1.17. The second kappa shape index (κ2) is 10.0. The molecule has 2 bridgehead atoms. The van der Waals surface area contributed by atoms with Crippen molar-refractivity contribution in [2.75, 3.05) is 37.7 Å². The summed E-state index contributed by atoms with van der Waals surface area (Å²) in [7, 11) is 0. The van der Waals surface area contributed by atoms with Crippen LogP contribution in [-0.2, 0) is 0 Å². The number of pyridine rings is 1. The Labute approximate surface area is 244 Å². The van der Waals surface area contributed by atoms with Crippen LogP contribution in [0.5, 0.6) is 6.01 Å². The Hall–Kier alpha value is -3.07. The summed E-state index contributed by atoms with van der Waals surface area (Å²) in [4.78, 5) is 19.2. The number of rotatable bonds is 5. The number of hydrogen-bond donors (Lipinski definition) is 1. The number of ether oxygens (including phenoxy) is 1. The lowest BCUT2D eigenvalue weighted by molar-refractivity contribution is 0.0388. The van der Waals surface area contributed by atoms with E-state index in [1.165, 1.54) is 19.3 Å². The molecule has 3 unspecified atom stereocenters. The highest BCUT2D eigenvalue weighted by molar-refractivity contribution is 6.36. The molecule has 7 nitrogen and oxygen atoms in total. The Kier molecular flexibility index (Phi) is 6.27. The highest BCUT2D eigenvalue weighted by Gasteiger charge is 2.43. The molecule has 2 aromatic heterocycles. The molecule has 212 valence electrons. The van der Waals surface area contributed by atoms with Crippen molar-refractivity contribution in [1.29, 1.82) is 0 Å². The van der Waals surface area contributed by atoms with E-state index < -0.39 is 5.82 Å². The van der Waals surface area contributed by atoms with Gasteiger partial charge in [-0.1, -0.05) is 48.4 Å². The number of nitrogens with one attached hydrogen (secondary N) is 1. The van der Waals surface area contributed by atoms with Gasteiger partial charge in [-0.3, -0.25) is 9.88 Å². The van der Waals surface area contributed by atoms with Gasteiger partial charge in [0.05, 0.1) is 10.9 Å². The number of nitrogens with zero attached hydrogens (tertiary/aromatic N) is 5. The third kappa shape index (κ3) is 4.34. The lowest BCUT2D eigenvalue weighted by atomic mass is 9.87. The van der Waals surface area contributed by atoms with Gasteiger partial charge >= 0.3 is 6.01 Å². The summed E-state index contributed by atoms with van der Waals surface area (Å²) in [6, 6.07) is 12.5. The van der Waals surface area contributed by atoms with Crippen molar-refractivity contribution in [3.8, 4) is 17.3 Å². The van der Waals surface area contributed by atoms with E-state index in [0.29, 0.717) is 40.5 Å². The molecule has 2 aromatic carbocycles. The summed E-state index contributed by atoms with van der Waals surface area (Å²) < 4.78 is 23.1. The van der Waals surface area contributed by atoms with E-state index in [1.54, 1.807) is 6.20 Å². The Balaban J connectivity index is 1.24. The van der Waals surface area contributed by atoms with Gasteiger partial charge in [0.1, 0.15) is 23.6 Å². The molecule has 41 heavy (non-hydrogen) atoms. The van der Waals surface area contributed by atoms with Crippen LogP contribution < -0.4 is 15.0 Å². The number of fused-ring (bicyclic) bond motifs is 5. The maximum Gasteiger partial charge on any atom is 0.319 e. The molecule has 0 radical (unpaired) electrons. The predicted molar refractivity (Wildman–Crippen MR) is 160 cm³/mol. The SMILES string of the molecule is Fc1c(-c2cccc3cccc(Cl)c23)ncc2c(N3CC4CCC(C3)N4)nc(OCC34CCCCN3CCC4)nc12. The molecule has 1 N–H and O–H groups in total. The van der Waals surface area contributed by atoms with Crippen molar-refractivity contribution in [3.63, 3.8) is 0 Å². The molecule has 4 saturated heterocycles. The number of anilines is 1. The first-order chi connectivity index (χ1) is 20.1. The molecule has 0 aliphatic carbocycles. The van der Waals surface area contributed by atoms with E-state index in [2.05, 4.69) is 20.1 Å². The van der Waals surface area contributed by atoms with Crippen LogP contribution in [0.25, 0.3) is 32.9 Å². The van der Waals surface area contributed by atoms with Crippen LogP contribution in [-0.4, -0.2) is 70.3 Å². The van der Waals surface area contributed by atoms with Crippen molar-refractivity contribution >= 4 is 39.1 Å². The van der Waals surface area contributed by atoms with Crippen molar-refractivity contribution in [1.82, 2.24) is 25.2 Å². The van der Waals surface area contributed by atoms with Crippen LogP contribution in [0.1, 0.15) is 44.9 Å². The molecule has 3 atom stereocenters. The van der Waals surface area contributed by atoms with E-state index in [0.717, 1.165) is 62.6 Å².